The minimum atomic E-state index is -0.537. The van der Waals surface area contributed by atoms with E-state index in [0.717, 1.165) is 11.8 Å². The third kappa shape index (κ3) is 3.84. The summed E-state index contributed by atoms with van der Waals surface area (Å²) in [7, 11) is 0. The van der Waals surface area contributed by atoms with E-state index in [2.05, 4.69) is 5.32 Å². The predicted octanol–water partition coefficient (Wildman–Crippen LogP) is 3.88. The van der Waals surface area contributed by atoms with Gasteiger partial charge in [0.1, 0.15) is 5.75 Å². The number of hydrogen-bond donors (Lipinski definition) is 1. The van der Waals surface area contributed by atoms with Gasteiger partial charge in [0.05, 0.1) is 10.5 Å². The van der Waals surface area contributed by atoms with Crippen molar-refractivity contribution in [2.45, 2.75) is 0 Å². The topological polar surface area (TPSA) is 72.5 Å². The number of nitrogens with one attached hydrogen (secondary N) is 1. The molecule has 5 nitrogen and oxygen atoms in total. The number of benzene rings is 2. The first-order valence-electron chi connectivity index (χ1n) is 6.84. The van der Waals surface area contributed by atoms with Gasteiger partial charge in [0.15, 0.2) is 0 Å². The highest BCUT2D eigenvalue weighted by Gasteiger charge is 2.24. The SMILES string of the molecule is O=C1NC(=O)/C(=C/c2cccc(OC(=O)c3cccc(Cl)c3)c2)S1. The monoisotopic (exact) mass is 359 g/mol. The minimum Gasteiger partial charge on any atom is -0.423 e. The average Bonchev–Trinajstić information content (AvgIpc) is 2.85. The summed E-state index contributed by atoms with van der Waals surface area (Å²) in [5, 5.41) is 2.21. The van der Waals surface area contributed by atoms with Gasteiger partial charge < -0.3 is 4.74 Å². The quantitative estimate of drug-likeness (QED) is 0.511. The molecule has 1 fully saturated rings. The van der Waals surface area contributed by atoms with Crippen LogP contribution in [0.2, 0.25) is 5.02 Å². The van der Waals surface area contributed by atoms with Crippen LogP contribution in [-0.4, -0.2) is 17.1 Å². The van der Waals surface area contributed by atoms with E-state index in [-0.39, 0.29) is 0 Å². The molecule has 0 spiro atoms. The molecule has 1 heterocycles. The van der Waals surface area contributed by atoms with Crippen molar-refractivity contribution in [1.82, 2.24) is 5.32 Å². The summed E-state index contributed by atoms with van der Waals surface area (Å²) in [6.45, 7) is 0. The predicted molar refractivity (Wildman–Crippen MR) is 92.0 cm³/mol. The van der Waals surface area contributed by atoms with Crippen LogP contribution in [0.25, 0.3) is 6.08 Å². The molecule has 2 amide bonds. The number of rotatable bonds is 3. The van der Waals surface area contributed by atoms with Crippen molar-refractivity contribution in [3.05, 3.63) is 69.6 Å². The summed E-state index contributed by atoms with van der Waals surface area (Å²) in [5.74, 6) is -0.652. The molecule has 0 atom stereocenters. The molecule has 1 aliphatic heterocycles. The number of amides is 2. The summed E-state index contributed by atoms with van der Waals surface area (Å²) in [6.07, 6.45) is 1.56. The second kappa shape index (κ2) is 6.90. The molecule has 0 saturated carbocycles. The van der Waals surface area contributed by atoms with E-state index in [1.807, 2.05) is 0 Å². The number of halogens is 1. The van der Waals surface area contributed by atoms with Gasteiger partial charge in [-0.3, -0.25) is 14.9 Å². The van der Waals surface area contributed by atoms with Crippen molar-refractivity contribution in [1.29, 1.82) is 0 Å². The summed E-state index contributed by atoms with van der Waals surface area (Å²) >= 11 is 6.68. The number of imide groups is 1. The molecule has 7 heteroatoms. The minimum absolute atomic E-state index is 0.290. The molecule has 1 N–H and O–H groups in total. The summed E-state index contributed by atoms with van der Waals surface area (Å²) < 4.78 is 5.31. The second-order valence-electron chi connectivity index (χ2n) is 4.82. The zero-order chi connectivity index (χ0) is 17.1. The summed E-state index contributed by atoms with van der Waals surface area (Å²) in [5.41, 5.74) is 0.973. The van der Waals surface area contributed by atoms with Crippen LogP contribution in [0.3, 0.4) is 0 Å². The summed E-state index contributed by atoms with van der Waals surface area (Å²) in [6, 6.07) is 13.1. The van der Waals surface area contributed by atoms with Crippen LogP contribution in [0.5, 0.6) is 5.75 Å². The smallest absolute Gasteiger partial charge is 0.343 e. The first-order valence-corrected chi connectivity index (χ1v) is 8.03. The fraction of sp³-hybridized carbons (Fsp3) is 0. The number of carbonyl (C=O) groups excluding carboxylic acids is 3. The molecular weight excluding hydrogens is 350 g/mol. The molecule has 24 heavy (non-hydrogen) atoms. The van der Waals surface area contributed by atoms with Crippen molar-refractivity contribution in [2.24, 2.45) is 0 Å². The van der Waals surface area contributed by atoms with Gasteiger partial charge in [-0.25, -0.2) is 4.79 Å². The van der Waals surface area contributed by atoms with E-state index < -0.39 is 17.1 Å². The van der Waals surface area contributed by atoms with Crippen LogP contribution in [0.1, 0.15) is 15.9 Å². The number of hydrogen-bond acceptors (Lipinski definition) is 5. The molecule has 0 aromatic heterocycles. The molecule has 0 bridgehead atoms. The lowest BCUT2D eigenvalue weighted by Crippen LogP contribution is -2.17. The highest BCUT2D eigenvalue weighted by molar-refractivity contribution is 8.18. The molecule has 0 aliphatic carbocycles. The molecule has 2 aromatic rings. The van der Waals surface area contributed by atoms with E-state index in [1.54, 1.807) is 48.5 Å². The third-order valence-electron chi connectivity index (χ3n) is 3.07. The van der Waals surface area contributed by atoms with Crippen LogP contribution in [0.4, 0.5) is 4.79 Å². The molecular formula is C17H10ClNO4S. The van der Waals surface area contributed by atoms with Crippen molar-refractivity contribution >= 4 is 46.6 Å². The van der Waals surface area contributed by atoms with E-state index >= 15 is 0 Å². The second-order valence-corrected chi connectivity index (χ2v) is 6.28. The number of ether oxygens (including phenoxy) is 1. The van der Waals surface area contributed by atoms with Crippen LogP contribution < -0.4 is 10.1 Å². The van der Waals surface area contributed by atoms with Gasteiger partial charge in [-0.15, -0.1) is 0 Å². The Morgan fingerprint density at radius 1 is 1.12 bits per heavy atom. The van der Waals surface area contributed by atoms with Gasteiger partial charge in [-0.2, -0.15) is 0 Å². The Bertz CT molecular complexity index is 878. The van der Waals surface area contributed by atoms with Crippen molar-refractivity contribution in [3.63, 3.8) is 0 Å². The number of carbonyl (C=O) groups is 3. The molecule has 120 valence electrons. The number of esters is 1. The standard InChI is InChI=1S/C17H10ClNO4S/c18-12-5-2-4-11(9-12)16(21)23-13-6-1-3-10(7-13)8-14-15(20)19-17(22)24-14/h1-9H,(H,19,20,22)/b14-8-. The lowest BCUT2D eigenvalue weighted by atomic mass is 10.2. The van der Waals surface area contributed by atoms with Gasteiger partial charge in [-0.1, -0.05) is 29.8 Å². The van der Waals surface area contributed by atoms with Gasteiger partial charge in [-0.05, 0) is 53.7 Å². The van der Waals surface area contributed by atoms with E-state index in [4.69, 9.17) is 16.3 Å². The van der Waals surface area contributed by atoms with Crippen LogP contribution >= 0.6 is 23.4 Å². The molecule has 0 radical (unpaired) electrons. The molecule has 1 saturated heterocycles. The highest BCUT2D eigenvalue weighted by atomic mass is 35.5. The third-order valence-corrected chi connectivity index (χ3v) is 4.11. The Kier molecular flexibility index (Phi) is 4.69. The molecule has 0 unspecified atom stereocenters. The Morgan fingerprint density at radius 2 is 1.92 bits per heavy atom. The largest absolute Gasteiger partial charge is 0.423 e. The fourth-order valence-electron chi connectivity index (χ4n) is 2.02. The van der Waals surface area contributed by atoms with E-state index in [0.29, 0.717) is 26.8 Å². The van der Waals surface area contributed by atoms with Crippen molar-refractivity contribution < 1.29 is 19.1 Å². The van der Waals surface area contributed by atoms with E-state index in [1.165, 1.54) is 6.07 Å². The van der Waals surface area contributed by atoms with Crippen LogP contribution in [0, 0.1) is 0 Å². The molecule has 2 aromatic carbocycles. The van der Waals surface area contributed by atoms with Gasteiger partial charge in [0, 0.05) is 5.02 Å². The van der Waals surface area contributed by atoms with Crippen LogP contribution in [0.15, 0.2) is 53.4 Å². The Labute approximate surface area is 146 Å². The lowest BCUT2D eigenvalue weighted by molar-refractivity contribution is -0.115. The van der Waals surface area contributed by atoms with Crippen LogP contribution in [-0.2, 0) is 4.79 Å². The van der Waals surface area contributed by atoms with Gasteiger partial charge in [0.2, 0.25) is 0 Å². The zero-order valence-corrected chi connectivity index (χ0v) is 13.7. The molecule has 1 aliphatic rings. The van der Waals surface area contributed by atoms with E-state index in [9.17, 15) is 14.4 Å². The lowest BCUT2D eigenvalue weighted by Gasteiger charge is -2.05. The maximum atomic E-state index is 12.1. The Morgan fingerprint density at radius 3 is 2.62 bits per heavy atom. The first-order chi connectivity index (χ1) is 11.5. The maximum absolute atomic E-state index is 12.1. The molecule has 3 rings (SSSR count). The maximum Gasteiger partial charge on any atom is 0.343 e. The zero-order valence-electron chi connectivity index (χ0n) is 12.1. The van der Waals surface area contributed by atoms with Crippen molar-refractivity contribution in [2.75, 3.05) is 0 Å². The van der Waals surface area contributed by atoms with Crippen molar-refractivity contribution in [3.8, 4) is 5.75 Å². The Balaban J connectivity index is 1.78. The van der Waals surface area contributed by atoms with Gasteiger partial charge >= 0.3 is 5.97 Å². The number of thioether (sulfide) groups is 1. The first kappa shape index (κ1) is 16.3. The fourth-order valence-corrected chi connectivity index (χ4v) is 2.89. The summed E-state index contributed by atoms with van der Waals surface area (Å²) in [4.78, 5) is 35.1. The van der Waals surface area contributed by atoms with Gasteiger partial charge in [0.25, 0.3) is 11.1 Å². The highest BCUT2D eigenvalue weighted by Crippen LogP contribution is 2.26. The average molecular weight is 360 g/mol. The normalized spacial score (nSPS) is 15.5. The Hall–Kier alpha value is -2.57.